The molecular formula is C10H13F2N. The Morgan fingerprint density at radius 3 is 2.62 bits per heavy atom. The molecule has 0 atom stereocenters. The molecule has 0 saturated carbocycles. The molecule has 1 nitrogen and oxygen atoms in total. The quantitative estimate of drug-likeness (QED) is 0.639. The van der Waals surface area contributed by atoms with Crippen LogP contribution in [0.2, 0.25) is 0 Å². The van der Waals surface area contributed by atoms with Crippen molar-refractivity contribution in [2.45, 2.75) is 20.3 Å². The van der Waals surface area contributed by atoms with E-state index in [1.165, 1.54) is 4.90 Å². The predicted molar refractivity (Wildman–Crippen MR) is 49.4 cm³/mol. The van der Waals surface area contributed by atoms with Gasteiger partial charge in [-0.1, -0.05) is 12.7 Å². The number of hydrogen-bond donors (Lipinski definition) is 0. The van der Waals surface area contributed by atoms with Crippen LogP contribution in [0.3, 0.4) is 0 Å². The van der Waals surface area contributed by atoms with E-state index in [0.717, 1.165) is 11.1 Å². The Hall–Kier alpha value is -1.12. The van der Waals surface area contributed by atoms with Crippen molar-refractivity contribution < 1.29 is 8.78 Å². The maximum absolute atomic E-state index is 12.1. The fraction of sp³-hybridized carbons (Fsp3) is 0.400. The molecule has 0 N–H and O–H groups in total. The van der Waals surface area contributed by atoms with Crippen LogP contribution < -0.4 is 0 Å². The Bertz CT molecular complexity index is 277. The summed E-state index contributed by atoms with van der Waals surface area (Å²) >= 11 is 0. The summed E-state index contributed by atoms with van der Waals surface area (Å²) in [6.45, 7) is 7.22. The minimum atomic E-state index is -2.33. The van der Waals surface area contributed by atoms with E-state index >= 15 is 0 Å². The van der Waals surface area contributed by atoms with Crippen LogP contribution in [-0.2, 0) is 0 Å². The number of alkyl halides is 2. The molecule has 0 fully saturated rings. The summed E-state index contributed by atoms with van der Waals surface area (Å²) in [7, 11) is 0. The van der Waals surface area contributed by atoms with Gasteiger partial charge in [-0.15, -0.1) is 0 Å². The molecule has 0 spiro atoms. The third-order valence-electron chi connectivity index (χ3n) is 1.94. The zero-order valence-corrected chi connectivity index (χ0v) is 7.85. The maximum Gasteiger partial charge on any atom is 0.256 e. The van der Waals surface area contributed by atoms with Crippen molar-refractivity contribution in [2.24, 2.45) is 0 Å². The van der Waals surface area contributed by atoms with Crippen molar-refractivity contribution >= 4 is 0 Å². The van der Waals surface area contributed by atoms with Gasteiger partial charge in [-0.3, -0.25) is 0 Å². The lowest BCUT2D eigenvalue weighted by Gasteiger charge is -2.27. The summed E-state index contributed by atoms with van der Waals surface area (Å²) in [5.41, 5.74) is 2.58. The molecule has 3 heteroatoms. The molecule has 0 unspecified atom stereocenters. The first-order valence-electron chi connectivity index (χ1n) is 4.11. The van der Waals surface area contributed by atoms with Gasteiger partial charge < -0.3 is 4.90 Å². The molecule has 1 rings (SSSR count). The first-order valence-corrected chi connectivity index (χ1v) is 4.11. The summed E-state index contributed by atoms with van der Waals surface area (Å²) in [6.07, 6.45) is 1.30. The van der Waals surface area contributed by atoms with Crippen molar-refractivity contribution in [3.05, 3.63) is 35.7 Å². The predicted octanol–water partition coefficient (Wildman–Crippen LogP) is 2.93. The Morgan fingerprint density at radius 2 is 2.08 bits per heavy atom. The van der Waals surface area contributed by atoms with Crippen molar-refractivity contribution in [2.75, 3.05) is 6.54 Å². The molecule has 1 aliphatic heterocycles. The van der Waals surface area contributed by atoms with Crippen molar-refractivity contribution in [1.82, 2.24) is 4.90 Å². The Labute approximate surface area is 77.0 Å². The topological polar surface area (TPSA) is 3.24 Å². The standard InChI is InChI=1S/C10H13F2N/c1-7-4-8(2)9(3)13(5-7)6-10(11)12/h4-5,10H,3,6H2,1-2H3. The molecular weight excluding hydrogens is 172 g/mol. The van der Waals surface area contributed by atoms with E-state index in [1.807, 2.05) is 19.9 Å². The smallest absolute Gasteiger partial charge is 0.256 e. The molecule has 0 radical (unpaired) electrons. The second-order valence-corrected chi connectivity index (χ2v) is 3.19. The van der Waals surface area contributed by atoms with Crippen LogP contribution >= 0.6 is 0 Å². The summed E-state index contributed by atoms with van der Waals surface area (Å²) in [5, 5.41) is 0. The number of halogens is 2. The van der Waals surface area contributed by atoms with Gasteiger partial charge >= 0.3 is 0 Å². The fourth-order valence-electron chi connectivity index (χ4n) is 1.32. The van der Waals surface area contributed by atoms with Crippen LogP contribution in [0.15, 0.2) is 35.7 Å². The molecule has 13 heavy (non-hydrogen) atoms. The lowest BCUT2D eigenvalue weighted by Crippen LogP contribution is -2.25. The molecule has 0 bridgehead atoms. The maximum atomic E-state index is 12.1. The highest BCUT2D eigenvalue weighted by Gasteiger charge is 2.15. The fourth-order valence-corrected chi connectivity index (χ4v) is 1.32. The zero-order valence-electron chi connectivity index (χ0n) is 7.85. The number of nitrogens with zero attached hydrogens (tertiary/aromatic N) is 1. The third-order valence-corrected chi connectivity index (χ3v) is 1.94. The zero-order chi connectivity index (χ0) is 10.0. The molecule has 0 amide bonds. The molecule has 0 saturated heterocycles. The van der Waals surface area contributed by atoms with Crippen LogP contribution in [0.4, 0.5) is 8.78 Å². The average Bonchev–Trinajstić information content (AvgIpc) is 1.98. The first-order chi connectivity index (χ1) is 6.00. The van der Waals surface area contributed by atoms with Crippen LogP contribution in [-0.4, -0.2) is 17.9 Å². The Balaban J connectivity index is 2.78. The van der Waals surface area contributed by atoms with E-state index in [-0.39, 0.29) is 6.54 Å². The van der Waals surface area contributed by atoms with Crippen LogP contribution in [0, 0.1) is 0 Å². The highest BCUT2D eigenvalue weighted by molar-refractivity contribution is 5.38. The van der Waals surface area contributed by atoms with Crippen LogP contribution in [0.25, 0.3) is 0 Å². The Kier molecular flexibility index (Phi) is 2.86. The summed E-state index contributed by atoms with van der Waals surface area (Å²) < 4.78 is 24.2. The third kappa shape index (κ3) is 2.41. The van der Waals surface area contributed by atoms with Crippen molar-refractivity contribution in [1.29, 1.82) is 0 Å². The lowest BCUT2D eigenvalue weighted by molar-refractivity contribution is 0.120. The molecule has 1 heterocycles. The molecule has 72 valence electrons. The van der Waals surface area contributed by atoms with Gasteiger partial charge in [-0.25, -0.2) is 8.78 Å². The molecule has 0 aromatic rings. The highest BCUT2D eigenvalue weighted by Crippen LogP contribution is 2.22. The first kappa shape index (κ1) is 9.96. The number of rotatable bonds is 2. The highest BCUT2D eigenvalue weighted by atomic mass is 19.3. The van der Waals surface area contributed by atoms with Gasteiger partial charge in [0, 0.05) is 11.9 Å². The summed E-state index contributed by atoms with van der Waals surface area (Å²) in [5.74, 6) is 0. The van der Waals surface area contributed by atoms with Crippen LogP contribution in [0.1, 0.15) is 13.8 Å². The second-order valence-electron chi connectivity index (χ2n) is 3.19. The normalized spacial score (nSPS) is 17.6. The van der Waals surface area contributed by atoms with Gasteiger partial charge in [0.15, 0.2) is 0 Å². The average molecular weight is 185 g/mol. The molecule has 0 aliphatic carbocycles. The van der Waals surface area contributed by atoms with Gasteiger partial charge in [-0.05, 0) is 25.0 Å². The number of allylic oxidation sites excluding steroid dienone is 3. The van der Waals surface area contributed by atoms with E-state index in [4.69, 9.17) is 0 Å². The van der Waals surface area contributed by atoms with Crippen LogP contribution in [0.5, 0.6) is 0 Å². The second kappa shape index (κ2) is 3.73. The molecule has 0 aromatic carbocycles. The van der Waals surface area contributed by atoms with Crippen molar-refractivity contribution in [3.8, 4) is 0 Å². The SMILES string of the molecule is C=C1C(C)=CC(C)=CN1CC(F)F. The monoisotopic (exact) mass is 185 g/mol. The van der Waals surface area contributed by atoms with E-state index in [0.29, 0.717) is 5.70 Å². The number of hydrogen-bond acceptors (Lipinski definition) is 1. The van der Waals surface area contributed by atoms with Gasteiger partial charge in [0.1, 0.15) is 0 Å². The van der Waals surface area contributed by atoms with E-state index in [1.54, 1.807) is 6.20 Å². The van der Waals surface area contributed by atoms with E-state index in [2.05, 4.69) is 6.58 Å². The lowest BCUT2D eigenvalue weighted by atomic mass is 10.1. The minimum absolute atomic E-state index is 0.276. The molecule has 1 aliphatic rings. The van der Waals surface area contributed by atoms with Gasteiger partial charge in [0.2, 0.25) is 0 Å². The van der Waals surface area contributed by atoms with Gasteiger partial charge in [0.25, 0.3) is 6.43 Å². The molecule has 0 aromatic heterocycles. The Morgan fingerprint density at radius 1 is 1.46 bits per heavy atom. The van der Waals surface area contributed by atoms with Gasteiger partial charge in [-0.2, -0.15) is 0 Å². The van der Waals surface area contributed by atoms with E-state index < -0.39 is 6.43 Å². The summed E-state index contributed by atoms with van der Waals surface area (Å²) in [4.78, 5) is 1.50. The van der Waals surface area contributed by atoms with E-state index in [9.17, 15) is 8.78 Å². The van der Waals surface area contributed by atoms with Crippen molar-refractivity contribution in [3.63, 3.8) is 0 Å². The summed E-state index contributed by atoms with van der Waals surface area (Å²) in [6, 6.07) is 0. The largest absolute Gasteiger partial charge is 0.342 e. The minimum Gasteiger partial charge on any atom is -0.342 e. The van der Waals surface area contributed by atoms with Gasteiger partial charge in [0.05, 0.1) is 6.54 Å².